The van der Waals surface area contributed by atoms with E-state index in [1.165, 1.54) is 18.6 Å². The van der Waals surface area contributed by atoms with E-state index < -0.39 is 0 Å². The van der Waals surface area contributed by atoms with Gasteiger partial charge in [-0.1, -0.05) is 12.1 Å². The number of phenols is 1. The van der Waals surface area contributed by atoms with Crippen LogP contribution in [0.1, 0.15) is 24.8 Å². The molecule has 4 rings (SSSR count). The second-order valence-corrected chi connectivity index (χ2v) is 7.01. The molecule has 0 aliphatic carbocycles. The molecule has 0 bridgehead atoms. The molecule has 0 spiro atoms. The van der Waals surface area contributed by atoms with Crippen LogP contribution < -0.4 is 10.2 Å². The molecule has 1 aliphatic heterocycles. The van der Waals surface area contributed by atoms with Gasteiger partial charge in [-0.15, -0.1) is 5.11 Å². The normalized spacial score (nSPS) is 14.2. The van der Waals surface area contributed by atoms with E-state index in [1.54, 1.807) is 30.3 Å². The number of benzene rings is 2. The van der Waals surface area contributed by atoms with Crippen LogP contribution in [0.15, 0.2) is 58.8 Å². The number of rotatable bonds is 6. The van der Waals surface area contributed by atoms with Crippen molar-refractivity contribution in [2.24, 2.45) is 10.2 Å². The molecule has 2 N–H and O–H groups in total. The number of azo groups is 1. The van der Waals surface area contributed by atoms with Crippen molar-refractivity contribution >= 4 is 23.5 Å². The lowest BCUT2D eigenvalue weighted by Gasteiger charge is -2.26. The van der Waals surface area contributed by atoms with Gasteiger partial charge in [-0.3, -0.25) is 0 Å². The summed E-state index contributed by atoms with van der Waals surface area (Å²) in [4.78, 5) is 15.4. The zero-order chi connectivity index (χ0) is 20.8. The number of hydrogen-bond acceptors (Lipinski definition) is 8. The van der Waals surface area contributed by atoms with Gasteiger partial charge in [-0.25, -0.2) is 4.39 Å². The Bertz CT molecular complexity index is 1020. The van der Waals surface area contributed by atoms with Gasteiger partial charge in [0.1, 0.15) is 11.6 Å². The summed E-state index contributed by atoms with van der Waals surface area (Å²) in [5.41, 5.74) is 1.49. The second-order valence-electron chi connectivity index (χ2n) is 7.01. The van der Waals surface area contributed by atoms with Crippen LogP contribution in [0.4, 0.5) is 27.9 Å². The lowest BCUT2D eigenvalue weighted by atomic mass is 10.1. The van der Waals surface area contributed by atoms with E-state index in [0.717, 1.165) is 31.5 Å². The van der Waals surface area contributed by atoms with Crippen molar-refractivity contribution < 1.29 is 9.50 Å². The summed E-state index contributed by atoms with van der Waals surface area (Å²) in [5.74, 6) is 0.923. The number of aromatic hydroxyl groups is 1. The molecular formula is C21H22FN7O. The molecule has 0 unspecified atom stereocenters. The molecular weight excluding hydrogens is 385 g/mol. The minimum Gasteiger partial charge on any atom is -0.508 e. The first-order chi connectivity index (χ1) is 14.7. The molecule has 0 saturated carbocycles. The molecule has 154 valence electrons. The van der Waals surface area contributed by atoms with Gasteiger partial charge in [0.15, 0.2) is 0 Å². The Morgan fingerprint density at radius 3 is 2.57 bits per heavy atom. The molecule has 1 saturated heterocycles. The van der Waals surface area contributed by atoms with Gasteiger partial charge in [0, 0.05) is 18.8 Å². The minimum absolute atomic E-state index is 0.182. The Hall–Kier alpha value is -3.62. The van der Waals surface area contributed by atoms with E-state index in [9.17, 15) is 9.50 Å². The predicted octanol–water partition coefficient (Wildman–Crippen LogP) is 4.73. The van der Waals surface area contributed by atoms with E-state index in [1.807, 2.05) is 6.07 Å². The van der Waals surface area contributed by atoms with Crippen molar-refractivity contribution in [2.45, 2.75) is 25.8 Å². The zero-order valence-corrected chi connectivity index (χ0v) is 16.4. The number of aromatic nitrogens is 3. The van der Waals surface area contributed by atoms with Gasteiger partial charge in [0.05, 0.1) is 6.54 Å². The summed E-state index contributed by atoms with van der Waals surface area (Å²) in [5, 5.41) is 21.0. The molecule has 0 atom stereocenters. The average molecular weight is 407 g/mol. The highest BCUT2D eigenvalue weighted by molar-refractivity contribution is 5.55. The molecule has 1 aliphatic rings. The van der Waals surface area contributed by atoms with E-state index in [-0.39, 0.29) is 17.5 Å². The first-order valence-electron chi connectivity index (χ1n) is 9.85. The van der Waals surface area contributed by atoms with Crippen LogP contribution in [0.2, 0.25) is 0 Å². The molecule has 0 radical (unpaired) electrons. The van der Waals surface area contributed by atoms with Gasteiger partial charge in [-0.05, 0) is 61.2 Å². The van der Waals surface area contributed by atoms with Crippen LogP contribution in [0.3, 0.4) is 0 Å². The maximum atomic E-state index is 13.2. The molecule has 2 aromatic carbocycles. The van der Waals surface area contributed by atoms with E-state index in [2.05, 4.69) is 35.4 Å². The Morgan fingerprint density at radius 1 is 1.00 bits per heavy atom. The highest BCUT2D eigenvalue weighted by Gasteiger charge is 2.16. The molecule has 3 aromatic rings. The Kier molecular flexibility index (Phi) is 6.07. The minimum atomic E-state index is -0.313. The third kappa shape index (κ3) is 5.25. The lowest BCUT2D eigenvalue weighted by molar-refractivity contribution is 0.474. The number of piperidine rings is 1. The number of hydrogen-bond donors (Lipinski definition) is 2. The predicted molar refractivity (Wildman–Crippen MR) is 112 cm³/mol. The van der Waals surface area contributed by atoms with Crippen molar-refractivity contribution in [2.75, 3.05) is 23.3 Å². The standard InChI is InChI=1S/C21H22FN7O/c22-16-7-9-17(10-8-16)24-19-25-20(27-21(26-19)29-11-2-1-3-12-29)28-23-14-15-5-4-6-18(30)13-15/h4-10,13,30H,1-3,11-12,14H2,(H,24,25,26,27). The van der Waals surface area contributed by atoms with Crippen molar-refractivity contribution in [1.29, 1.82) is 0 Å². The lowest BCUT2D eigenvalue weighted by Crippen LogP contribution is -2.31. The number of nitrogens with one attached hydrogen (secondary N) is 1. The van der Waals surface area contributed by atoms with Gasteiger partial charge >= 0.3 is 0 Å². The first-order valence-corrected chi connectivity index (χ1v) is 9.85. The van der Waals surface area contributed by atoms with Gasteiger partial charge < -0.3 is 15.3 Å². The van der Waals surface area contributed by atoms with Crippen molar-refractivity contribution in [3.63, 3.8) is 0 Å². The molecule has 2 heterocycles. The maximum absolute atomic E-state index is 13.2. The highest BCUT2D eigenvalue weighted by atomic mass is 19.1. The quantitative estimate of drug-likeness (QED) is 0.573. The smallest absolute Gasteiger partial charge is 0.275 e. The van der Waals surface area contributed by atoms with Crippen LogP contribution in [-0.4, -0.2) is 33.1 Å². The zero-order valence-electron chi connectivity index (χ0n) is 16.4. The molecule has 30 heavy (non-hydrogen) atoms. The molecule has 8 nitrogen and oxygen atoms in total. The van der Waals surface area contributed by atoms with Gasteiger partial charge in [0.25, 0.3) is 5.95 Å². The van der Waals surface area contributed by atoms with Crippen LogP contribution in [0.5, 0.6) is 5.75 Å². The Morgan fingerprint density at radius 2 is 1.80 bits per heavy atom. The third-order valence-electron chi connectivity index (χ3n) is 4.68. The third-order valence-corrected chi connectivity index (χ3v) is 4.68. The molecule has 9 heteroatoms. The van der Waals surface area contributed by atoms with Crippen LogP contribution in [0.25, 0.3) is 0 Å². The Balaban J connectivity index is 1.57. The largest absolute Gasteiger partial charge is 0.508 e. The van der Waals surface area contributed by atoms with E-state index >= 15 is 0 Å². The number of nitrogens with zero attached hydrogens (tertiary/aromatic N) is 6. The fourth-order valence-corrected chi connectivity index (χ4v) is 3.19. The van der Waals surface area contributed by atoms with Gasteiger partial charge in [0.2, 0.25) is 11.9 Å². The summed E-state index contributed by atoms with van der Waals surface area (Å²) in [6, 6.07) is 12.8. The number of phenolic OH excluding ortho intramolecular Hbond substituents is 1. The van der Waals surface area contributed by atoms with Crippen LogP contribution in [-0.2, 0) is 6.54 Å². The second kappa shape index (κ2) is 9.25. The Labute approximate surface area is 173 Å². The molecule has 1 fully saturated rings. The van der Waals surface area contributed by atoms with Crippen molar-refractivity contribution in [3.05, 3.63) is 59.9 Å². The SMILES string of the molecule is Oc1cccc(CN=Nc2nc(Nc3ccc(F)cc3)nc(N3CCCCC3)n2)c1. The summed E-state index contributed by atoms with van der Waals surface area (Å²) >= 11 is 0. The summed E-state index contributed by atoms with van der Waals surface area (Å²) < 4.78 is 13.2. The molecule has 1 aromatic heterocycles. The van der Waals surface area contributed by atoms with Crippen molar-refractivity contribution in [3.8, 4) is 5.75 Å². The van der Waals surface area contributed by atoms with Gasteiger partial charge in [-0.2, -0.15) is 20.1 Å². The monoisotopic (exact) mass is 407 g/mol. The first kappa shape index (κ1) is 19.7. The van der Waals surface area contributed by atoms with E-state index in [0.29, 0.717) is 24.1 Å². The van der Waals surface area contributed by atoms with Crippen molar-refractivity contribution in [1.82, 2.24) is 15.0 Å². The van der Waals surface area contributed by atoms with E-state index in [4.69, 9.17) is 0 Å². The highest BCUT2D eigenvalue weighted by Crippen LogP contribution is 2.22. The number of halogens is 1. The summed E-state index contributed by atoms with van der Waals surface area (Å²) in [7, 11) is 0. The fraction of sp³-hybridized carbons (Fsp3) is 0.286. The summed E-state index contributed by atoms with van der Waals surface area (Å²) in [6.07, 6.45) is 3.36. The van der Waals surface area contributed by atoms with Crippen LogP contribution in [0, 0.1) is 5.82 Å². The fourth-order valence-electron chi connectivity index (χ4n) is 3.19. The van der Waals surface area contributed by atoms with Crippen LogP contribution >= 0.6 is 0 Å². The number of anilines is 3. The topological polar surface area (TPSA) is 98.9 Å². The summed E-state index contributed by atoms with van der Waals surface area (Å²) in [6.45, 7) is 2.04. The maximum Gasteiger partial charge on any atom is 0.275 e. The average Bonchev–Trinajstić information content (AvgIpc) is 2.76. The molecule has 0 amide bonds.